The van der Waals surface area contributed by atoms with Crippen LogP contribution in [-0.4, -0.2) is 27.4 Å². The lowest BCUT2D eigenvalue weighted by atomic mass is 9.97. The number of hydrogen-bond acceptors (Lipinski definition) is 3. The minimum atomic E-state index is -3.71. The average Bonchev–Trinajstić information content (AvgIpc) is 2.95. The zero-order valence-electron chi connectivity index (χ0n) is 16.4. The van der Waals surface area contributed by atoms with Gasteiger partial charge in [0, 0.05) is 13.1 Å². The average molecular weight is 399 g/mol. The summed E-state index contributed by atoms with van der Waals surface area (Å²) in [5, 5.41) is 0. The Kier molecular flexibility index (Phi) is 4.91. The Bertz CT molecular complexity index is 1000. The summed E-state index contributed by atoms with van der Waals surface area (Å²) in [4.78, 5) is 14.7. The van der Waals surface area contributed by atoms with E-state index in [9.17, 15) is 13.2 Å². The molecule has 148 valence electrons. The van der Waals surface area contributed by atoms with Crippen molar-refractivity contribution < 1.29 is 13.2 Å². The molecule has 28 heavy (non-hydrogen) atoms. The molecule has 1 atom stereocenters. The number of carbonyl (C=O) groups is 1. The summed E-state index contributed by atoms with van der Waals surface area (Å²) in [6.07, 6.45) is 3.37. The molecular formula is C22H26N2O3S. The fourth-order valence-electron chi connectivity index (χ4n) is 4.23. The maximum atomic E-state index is 13.6. The van der Waals surface area contributed by atoms with Crippen LogP contribution in [0.3, 0.4) is 0 Å². The third-order valence-electron chi connectivity index (χ3n) is 5.74. The van der Waals surface area contributed by atoms with Crippen LogP contribution < -0.4 is 9.21 Å². The van der Waals surface area contributed by atoms with Crippen molar-refractivity contribution in [3.8, 4) is 0 Å². The van der Waals surface area contributed by atoms with Gasteiger partial charge in [0.2, 0.25) is 5.91 Å². The van der Waals surface area contributed by atoms with Crippen molar-refractivity contribution in [3.63, 3.8) is 0 Å². The number of aryl methyl sites for hydroxylation is 1. The number of anilines is 2. The van der Waals surface area contributed by atoms with Crippen molar-refractivity contribution in [2.45, 2.75) is 50.3 Å². The Morgan fingerprint density at radius 1 is 1.18 bits per heavy atom. The van der Waals surface area contributed by atoms with Crippen molar-refractivity contribution in [3.05, 3.63) is 53.6 Å². The quantitative estimate of drug-likeness (QED) is 0.737. The number of hydrogen-bond donors (Lipinski definition) is 0. The highest BCUT2D eigenvalue weighted by Crippen LogP contribution is 2.44. The molecule has 2 aromatic rings. The van der Waals surface area contributed by atoms with Crippen molar-refractivity contribution in [1.29, 1.82) is 0 Å². The number of amides is 1. The molecule has 2 aromatic carbocycles. The molecule has 1 amide bonds. The van der Waals surface area contributed by atoms with Gasteiger partial charge in [-0.05, 0) is 61.6 Å². The Balaban J connectivity index is 1.82. The van der Waals surface area contributed by atoms with Crippen LogP contribution in [0, 0.1) is 0 Å². The van der Waals surface area contributed by atoms with Gasteiger partial charge in [-0.2, -0.15) is 0 Å². The van der Waals surface area contributed by atoms with Gasteiger partial charge in [0.1, 0.15) is 0 Å². The van der Waals surface area contributed by atoms with Gasteiger partial charge in [-0.1, -0.05) is 31.5 Å². The maximum Gasteiger partial charge on any atom is 0.264 e. The van der Waals surface area contributed by atoms with Crippen LogP contribution in [0.5, 0.6) is 0 Å². The first-order valence-electron chi connectivity index (χ1n) is 10.0. The molecule has 2 heterocycles. The molecule has 6 heteroatoms. The van der Waals surface area contributed by atoms with E-state index in [1.807, 2.05) is 42.2 Å². The van der Waals surface area contributed by atoms with E-state index >= 15 is 0 Å². The van der Waals surface area contributed by atoms with Crippen LogP contribution in [-0.2, 0) is 21.2 Å². The predicted octanol–water partition coefficient (Wildman–Crippen LogP) is 4.08. The summed E-state index contributed by atoms with van der Waals surface area (Å²) >= 11 is 0. The van der Waals surface area contributed by atoms with Gasteiger partial charge in [-0.15, -0.1) is 0 Å². The fraction of sp³-hybridized carbons (Fsp3) is 0.409. The van der Waals surface area contributed by atoms with Crippen molar-refractivity contribution >= 4 is 27.3 Å². The third kappa shape index (κ3) is 3.00. The number of sulfonamides is 1. The number of nitrogens with zero attached hydrogens (tertiary/aromatic N) is 2. The molecule has 0 saturated heterocycles. The van der Waals surface area contributed by atoms with Crippen molar-refractivity contribution in [2.75, 3.05) is 22.3 Å². The van der Waals surface area contributed by atoms with E-state index in [0.717, 1.165) is 49.0 Å². The standard InChI is InChI=1S/C22H26N2O3S/c1-3-4-13-24(18-10-6-5-7-11-18)28(26,27)19-14-17-9-8-12-23-21(17)20(15-19)16(2)22(23)25/h5-7,10-11,14-16H,3-4,8-9,12-13H2,1-2H3/t16-/m0/s1. The number of carbonyl (C=O) groups excluding carboxylic acids is 1. The van der Waals surface area contributed by atoms with E-state index in [-0.39, 0.29) is 11.8 Å². The highest BCUT2D eigenvalue weighted by Gasteiger charge is 2.39. The van der Waals surface area contributed by atoms with Gasteiger partial charge >= 0.3 is 0 Å². The molecule has 0 fully saturated rings. The van der Waals surface area contributed by atoms with Crippen LogP contribution in [0.1, 0.15) is 50.2 Å². The Morgan fingerprint density at radius 2 is 1.93 bits per heavy atom. The fourth-order valence-corrected chi connectivity index (χ4v) is 5.82. The van der Waals surface area contributed by atoms with E-state index in [0.29, 0.717) is 17.1 Å². The lowest BCUT2D eigenvalue weighted by Gasteiger charge is -2.28. The second kappa shape index (κ2) is 7.24. The molecule has 0 N–H and O–H groups in total. The first-order valence-corrected chi connectivity index (χ1v) is 11.4. The molecule has 2 aliphatic rings. The summed E-state index contributed by atoms with van der Waals surface area (Å²) in [5.41, 5.74) is 3.45. The second-order valence-electron chi connectivity index (χ2n) is 7.60. The van der Waals surface area contributed by atoms with E-state index in [4.69, 9.17) is 0 Å². The second-order valence-corrected chi connectivity index (χ2v) is 9.46. The smallest absolute Gasteiger partial charge is 0.264 e. The maximum absolute atomic E-state index is 13.6. The van der Waals surface area contributed by atoms with Gasteiger partial charge in [0.25, 0.3) is 10.0 Å². The highest BCUT2D eigenvalue weighted by atomic mass is 32.2. The summed E-state index contributed by atoms with van der Waals surface area (Å²) < 4.78 is 28.8. The molecule has 4 rings (SSSR count). The molecule has 0 saturated carbocycles. The minimum Gasteiger partial charge on any atom is -0.311 e. The highest BCUT2D eigenvalue weighted by molar-refractivity contribution is 7.92. The summed E-state index contributed by atoms with van der Waals surface area (Å²) in [6, 6.07) is 12.8. The first-order chi connectivity index (χ1) is 13.4. The number of rotatable bonds is 6. The molecule has 5 nitrogen and oxygen atoms in total. The number of unbranched alkanes of at least 4 members (excludes halogenated alkanes) is 1. The van der Waals surface area contributed by atoms with Crippen LogP contribution >= 0.6 is 0 Å². The van der Waals surface area contributed by atoms with E-state index < -0.39 is 10.0 Å². The van der Waals surface area contributed by atoms with Crippen molar-refractivity contribution in [1.82, 2.24) is 0 Å². The van der Waals surface area contributed by atoms with Crippen LogP contribution in [0.15, 0.2) is 47.4 Å². The zero-order valence-corrected chi connectivity index (χ0v) is 17.2. The van der Waals surface area contributed by atoms with E-state index in [1.165, 1.54) is 4.31 Å². The normalized spacial score (nSPS) is 18.3. The summed E-state index contributed by atoms with van der Waals surface area (Å²) in [6.45, 7) is 5.09. The largest absolute Gasteiger partial charge is 0.311 e. The van der Waals surface area contributed by atoms with Gasteiger partial charge in [0.05, 0.1) is 22.2 Å². The monoisotopic (exact) mass is 398 g/mol. The van der Waals surface area contributed by atoms with Crippen LogP contribution in [0.25, 0.3) is 0 Å². The Hall–Kier alpha value is -2.34. The summed E-state index contributed by atoms with van der Waals surface area (Å²) in [7, 11) is -3.71. The van der Waals surface area contributed by atoms with E-state index in [1.54, 1.807) is 12.1 Å². The summed E-state index contributed by atoms with van der Waals surface area (Å²) in [5.74, 6) is -0.209. The molecule has 0 radical (unpaired) electrons. The molecular weight excluding hydrogens is 372 g/mol. The van der Waals surface area contributed by atoms with Crippen molar-refractivity contribution in [2.24, 2.45) is 0 Å². The van der Waals surface area contributed by atoms with Gasteiger partial charge < -0.3 is 4.90 Å². The van der Waals surface area contributed by atoms with E-state index in [2.05, 4.69) is 6.92 Å². The molecule has 0 spiro atoms. The van der Waals surface area contributed by atoms with Gasteiger partial charge in [0.15, 0.2) is 0 Å². The molecule has 0 unspecified atom stereocenters. The van der Waals surface area contributed by atoms with Gasteiger partial charge in [-0.3, -0.25) is 9.10 Å². The predicted molar refractivity (Wildman–Crippen MR) is 111 cm³/mol. The lowest BCUT2D eigenvalue weighted by Crippen LogP contribution is -2.33. The number of para-hydroxylation sites is 1. The van der Waals surface area contributed by atoms with Gasteiger partial charge in [-0.25, -0.2) is 8.42 Å². The molecule has 0 bridgehead atoms. The minimum absolute atomic E-state index is 0.0800. The third-order valence-corrected chi connectivity index (χ3v) is 7.54. The lowest BCUT2D eigenvalue weighted by molar-refractivity contribution is -0.119. The molecule has 2 aliphatic heterocycles. The molecule has 0 aromatic heterocycles. The number of benzene rings is 2. The Morgan fingerprint density at radius 3 is 2.64 bits per heavy atom. The van der Waals surface area contributed by atoms with Crippen LogP contribution in [0.2, 0.25) is 0 Å². The Labute approximate surface area is 167 Å². The SMILES string of the molecule is CCCCN(c1ccccc1)S(=O)(=O)c1cc2c3c(c1)[C@H](C)C(=O)N3CCC2. The van der Waals surface area contributed by atoms with Crippen LogP contribution in [0.4, 0.5) is 11.4 Å². The first kappa shape index (κ1) is 19.0. The topological polar surface area (TPSA) is 57.7 Å². The molecule has 0 aliphatic carbocycles. The zero-order chi connectivity index (χ0) is 19.9.